The van der Waals surface area contributed by atoms with E-state index in [2.05, 4.69) is 36.4 Å². The maximum Gasteiger partial charge on any atom is 0.408 e. The smallest absolute Gasteiger partial charge is 0.408 e. The summed E-state index contributed by atoms with van der Waals surface area (Å²) in [5.74, 6) is 1.78. The first-order valence-corrected chi connectivity index (χ1v) is 14.4. The van der Waals surface area contributed by atoms with E-state index in [1.165, 1.54) is 4.90 Å². The third kappa shape index (κ3) is 6.76. The normalized spacial score (nSPS) is 23.5. The Bertz CT molecular complexity index is 723. The minimum absolute atomic E-state index is 0.0225. The maximum absolute atomic E-state index is 13.6. The van der Waals surface area contributed by atoms with E-state index in [-0.39, 0.29) is 11.8 Å². The largest absolute Gasteiger partial charge is 0.480 e. The van der Waals surface area contributed by atoms with Gasteiger partial charge >= 0.3 is 12.1 Å². The number of carbonyl (C=O) groups is 3. The van der Waals surface area contributed by atoms with Crippen molar-refractivity contribution in [2.24, 2.45) is 5.92 Å². The molecule has 0 bridgehead atoms. The van der Waals surface area contributed by atoms with Crippen LogP contribution in [-0.2, 0) is 14.3 Å². The molecular formula is C22H36N2O5Si. The summed E-state index contributed by atoms with van der Waals surface area (Å²) in [6.45, 7) is 11.6. The molecule has 0 aromatic carbocycles. The second-order valence-corrected chi connectivity index (χ2v) is 15.1. The number of nitrogens with one attached hydrogen (secondary N) is 1. The van der Waals surface area contributed by atoms with E-state index in [0.29, 0.717) is 12.8 Å². The van der Waals surface area contributed by atoms with Crippen LogP contribution in [0.5, 0.6) is 0 Å². The monoisotopic (exact) mass is 436 g/mol. The highest BCUT2D eigenvalue weighted by atomic mass is 28.3. The van der Waals surface area contributed by atoms with Gasteiger partial charge < -0.3 is 20.1 Å². The molecule has 1 heterocycles. The molecule has 0 aromatic rings. The standard InChI is InChI=1S/C22H36N2O5Si/c1-22(2,3)29-21(28)23-18(15-9-7-8-10-15)19(25)24-16(13-14-30(4,5)6)11-12-17(24)20(26)27/h15-18H,7-12H2,1-6H3,(H,23,28)(H,26,27)/t16-,17+,18+/m1/s1. The topological polar surface area (TPSA) is 95.9 Å². The summed E-state index contributed by atoms with van der Waals surface area (Å²) < 4.78 is 5.37. The summed E-state index contributed by atoms with van der Waals surface area (Å²) in [4.78, 5) is 39.4. The Balaban J connectivity index is 2.31. The van der Waals surface area contributed by atoms with Gasteiger partial charge in [-0.1, -0.05) is 38.4 Å². The SMILES string of the molecule is CC(C)(C)OC(=O)N[C@H](C(=O)N1[C@@H](C#C[Si](C)(C)C)CC[C@H]1C(=O)O)C1CCCC1. The first kappa shape index (κ1) is 24.3. The summed E-state index contributed by atoms with van der Waals surface area (Å²) in [6, 6.07) is -2.14. The second kappa shape index (κ2) is 9.42. The van der Waals surface area contributed by atoms with Gasteiger partial charge in [-0.05, 0) is 52.4 Å². The van der Waals surface area contributed by atoms with Crippen molar-refractivity contribution < 1.29 is 24.2 Å². The van der Waals surface area contributed by atoms with Gasteiger partial charge in [0.15, 0.2) is 0 Å². The highest BCUT2D eigenvalue weighted by Gasteiger charge is 2.45. The molecule has 2 fully saturated rings. The van der Waals surface area contributed by atoms with E-state index < -0.39 is 43.9 Å². The first-order valence-electron chi connectivity index (χ1n) is 10.9. The van der Waals surface area contributed by atoms with Crippen LogP contribution in [-0.4, -0.2) is 59.8 Å². The molecule has 8 heteroatoms. The Kier molecular flexibility index (Phi) is 7.62. The zero-order valence-electron chi connectivity index (χ0n) is 19.1. The van der Waals surface area contributed by atoms with Crippen LogP contribution in [0.25, 0.3) is 0 Å². The van der Waals surface area contributed by atoms with Crippen LogP contribution in [0, 0.1) is 17.4 Å². The Morgan fingerprint density at radius 1 is 1.10 bits per heavy atom. The molecule has 1 aliphatic heterocycles. The number of carboxylic acids is 1. The summed E-state index contributed by atoms with van der Waals surface area (Å²) in [7, 11) is -1.68. The molecule has 30 heavy (non-hydrogen) atoms. The van der Waals surface area contributed by atoms with Gasteiger partial charge in [0.2, 0.25) is 5.91 Å². The van der Waals surface area contributed by atoms with Crippen LogP contribution in [0.15, 0.2) is 0 Å². The van der Waals surface area contributed by atoms with Crippen LogP contribution in [0.1, 0.15) is 59.3 Å². The molecule has 2 N–H and O–H groups in total. The fraction of sp³-hybridized carbons (Fsp3) is 0.773. The Morgan fingerprint density at radius 2 is 1.70 bits per heavy atom. The molecule has 1 saturated heterocycles. The fourth-order valence-corrected chi connectivity index (χ4v) is 4.67. The van der Waals surface area contributed by atoms with Gasteiger partial charge in [0.25, 0.3) is 0 Å². The van der Waals surface area contributed by atoms with Crippen molar-refractivity contribution >= 4 is 26.0 Å². The molecule has 3 atom stereocenters. The zero-order chi connectivity index (χ0) is 22.7. The van der Waals surface area contributed by atoms with Gasteiger partial charge in [-0.2, -0.15) is 0 Å². The van der Waals surface area contributed by atoms with Crippen LogP contribution in [0.3, 0.4) is 0 Å². The van der Waals surface area contributed by atoms with Crippen LogP contribution >= 0.6 is 0 Å². The van der Waals surface area contributed by atoms with Crippen molar-refractivity contribution in [2.75, 3.05) is 0 Å². The minimum atomic E-state index is -1.68. The molecule has 2 amide bonds. The number of carbonyl (C=O) groups excluding carboxylic acids is 2. The predicted molar refractivity (Wildman–Crippen MR) is 118 cm³/mol. The molecule has 0 radical (unpaired) electrons. The average molecular weight is 437 g/mol. The number of ether oxygens (including phenoxy) is 1. The van der Waals surface area contributed by atoms with Gasteiger partial charge in [-0.3, -0.25) is 4.79 Å². The number of rotatable bonds is 4. The van der Waals surface area contributed by atoms with Crippen LogP contribution < -0.4 is 5.32 Å². The quantitative estimate of drug-likeness (QED) is 0.520. The third-order valence-electron chi connectivity index (χ3n) is 5.35. The Labute approximate surface area is 180 Å². The molecule has 168 valence electrons. The number of alkyl carbamates (subject to hydrolysis) is 1. The van der Waals surface area contributed by atoms with Crippen LogP contribution in [0.2, 0.25) is 19.6 Å². The number of amides is 2. The minimum Gasteiger partial charge on any atom is -0.480 e. The highest BCUT2D eigenvalue weighted by molar-refractivity contribution is 6.83. The first-order chi connectivity index (χ1) is 13.8. The van der Waals surface area contributed by atoms with E-state index in [1.807, 2.05) is 0 Å². The van der Waals surface area contributed by atoms with Crippen molar-refractivity contribution in [1.29, 1.82) is 0 Å². The molecule has 1 aliphatic carbocycles. The maximum atomic E-state index is 13.6. The zero-order valence-corrected chi connectivity index (χ0v) is 20.1. The van der Waals surface area contributed by atoms with Gasteiger partial charge in [-0.25, -0.2) is 9.59 Å². The molecule has 2 rings (SSSR count). The van der Waals surface area contributed by atoms with Crippen molar-refractivity contribution in [3.63, 3.8) is 0 Å². The third-order valence-corrected chi connectivity index (χ3v) is 6.24. The lowest BCUT2D eigenvalue weighted by molar-refractivity contribution is -0.150. The highest BCUT2D eigenvalue weighted by Crippen LogP contribution is 2.32. The van der Waals surface area contributed by atoms with E-state index in [1.54, 1.807) is 20.8 Å². The van der Waals surface area contributed by atoms with Gasteiger partial charge in [-0.15, -0.1) is 5.54 Å². The molecule has 1 saturated carbocycles. The van der Waals surface area contributed by atoms with Crippen molar-refractivity contribution in [3.8, 4) is 11.5 Å². The lowest BCUT2D eigenvalue weighted by atomic mass is 9.96. The molecule has 0 spiro atoms. The predicted octanol–water partition coefficient (Wildman–Crippen LogP) is 3.39. The van der Waals surface area contributed by atoms with E-state index >= 15 is 0 Å². The van der Waals surface area contributed by atoms with E-state index in [4.69, 9.17) is 4.74 Å². The lowest BCUT2D eigenvalue weighted by Gasteiger charge is -2.33. The van der Waals surface area contributed by atoms with Crippen LogP contribution in [0.4, 0.5) is 4.79 Å². The number of aliphatic carboxylic acids is 1. The van der Waals surface area contributed by atoms with E-state index in [0.717, 1.165) is 25.7 Å². The van der Waals surface area contributed by atoms with Gasteiger partial charge in [0.05, 0.1) is 6.04 Å². The molecule has 7 nitrogen and oxygen atoms in total. The molecule has 2 aliphatic rings. The van der Waals surface area contributed by atoms with Gasteiger partial charge in [0, 0.05) is 0 Å². The number of carboxylic acid groups (broad SMARTS) is 1. The van der Waals surface area contributed by atoms with Crippen molar-refractivity contribution in [2.45, 2.75) is 103 Å². The summed E-state index contributed by atoms with van der Waals surface area (Å²) in [5, 5.41) is 12.5. The molecule has 0 aromatic heterocycles. The van der Waals surface area contributed by atoms with Crippen molar-refractivity contribution in [3.05, 3.63) is 0 Å². The average Bonchev–Trinajstić information content (AvgIpc) is 3.24. The number of nitrogens with zero attached hydrogens (tertiary/aromatic N) is 1. The van der Waals surface area contributed by atoms with Crippen molar-refractivity contribution in [1.82, 2.24) is 10.2 Å². The Morgan fingerprint density at radius 3 is 2.20 bits per heavy atom. The van der Waals surface area contributed by atoms with Gasteiger partial charge in [0.1, 0.15) is 25.8 Å². The fourth-order valence-electron chi connectivity index (χ4n) is 4.07. The van der Waals surface area contributed by atoms with E-state index in [9.17, 15) is 19.5 Å². The summed E-state index contributed by atoms with van der Waals surface area (Å²) >= 11 is 0. The second-order valence-electron chi connectivity index (χ2n) is 10.4. The summed E-state index contributed by atoms with van der Waals surface area (Å²) in [5.41, 5.74) is 2.59. The molecular weight excluding hydrogens is 400 g/mol. The Hall–Kier alpha value is -2.01. The number of hydrogen-bond donors (Lipinski definition) is 2. The molecule has 0 unspecified atom stereocenters. The summed E-state index contributed by atoms with van der Waals surface area (Å²) in [6.07, 6.45) is 3.88. The number of likely N-dealkylation sites (tertiary alicyclic amines) is 1. The lowest BCUT2D eigenvalue weighted by Crippen LogP contribution is -2.56. The number of hydrogen-bond acceptors (Lipinski definition) is 4.